The zero-order valence-electron chi connectivity index (χ0n) is 37.2. The average Bonchev–Trinajstić information content (AvgIpc) is 3.41. The van der Waals surface area contributed by atoms with Gasteiger partial charge >= 0.3 is 0 Å². The predicted octanol–water partition coefficient (Wildman–Crippen LogP) is 19.2. The van der Waals surface area contributed by atoms with Gasteiger partial charge in [-0.15, -0.1) is 0 Å². The highest BCUT2D eigenvalue weighted by Gasteiger charge is 2.21. The highest BCUT2D eigenvalue weighted by molar-refractivity contribution is 6.27. The van der Waals surface area contributed by atoms with E-state index < -0.39 is 0 Å². The smallest absolute Gasteiger partial charge is 0.00206 e. The summed E-state index contributed by atoms with van der Waals surface area (Å²) in [5, 5.41) is 17.8. The van der Waals surface area contributed by atoms with Crippen LogP contribution in [0.4, 0.5) is 0 Å². The largest absolute Gasteiger partial charge is 0.0622 e. The first-order valence-corrected chi connectivity index (χ1v) is 23.7. The predicted molar refractivity (Wildman–Crippen MR) is 293 cm³/mol. The fourth-order valence-electron chi connectivity index (χ4n) is 11.6. The van der Waals surface area contributed by atoms with Crippen molar-refractivity contribution in [2.45, 2.75) is 0 Å². The van der Waals surface area contributed by atoms with Gasteiger partial charge in [0.2, 0.25) is 0 Å². The van der Waals surface area contributed by atoms with Crippen LogP contribution in [-0.2, 0) is 0 Å². The second-order valence-corrected chi connectivity index (χ2v) is 18.3. The van der Waals surface area contributed by atoms with E-state index >= 15 is 0 Å². The first kappa shape index (κ1) is 38.4. The molecule has 68 heavy (non-hydrogen) atoms. The van der Waals surface area contributed by atoms with Crippen LogP contribution in [0.15, 0.2) is 255 Å². The number of fused-ring (bicyclic) bond motifs is 4. The zero-order valence-corrected chi connectivity index (χ0v) is 37.2. The maximum Gasteiger partial charge on any atom is -0.00206 e. The lowest BCUT2D eigenvalue weighted by Crippen LogP contribution is -1.93. The molecular formula is C68H42. The molecule has 0 unspecified atom stereocenters. The van der Waals surface area contributed by atoms with E-state index in [1.54, 1.807) is 0 Å². The Hall–Kier alpha value is -8.84. The maximum absolute atomic E-state index is 2.46. The normalized spacial score (nSPS) is 11.8. The molecule has 0 heteroatoms. The first-order valence-electron chi connectivity index (χ1n) is 23.7. The summed E-state index contributed by atoms with van der Waals surface area (Å²) in [4.78, 5) is 0. The molecule has 0 saturated heterocycles. The Morgan fingerprint density at radius 2 is 0.500 bits per heavy atom. The molecule has 0 fully saturated rings. The lowest BCUT2D eigenvalue weighted by atomic mass is 9.83. The molecule has 0 nitrogen and oxygen atoms in total. The third-order valence-corrected chi connectivity index (χ3v) is 14.5. The van der Waals surface area contributed by atoms with Gasteiger partial charge in [-0.3, -0.25) is 0 Å². The highest BCUT2D eigenvalue weighted by Crippen LogP contribution is 2.48. The standard InChI is InChI=1S/C68H42/c1-3-17-43(18-4-1)64-54-25-7-11-29-58(54)66(59-30-12-8-26-55(59)64)49-24-16-23-48(39-49)50-40-51(53-37-35-47-34-33-45-21-15-22-46-36-38-62(53)68(47)63(45)46)42-52(41-50)67-60-31-13-9-27-56(60)65(44-19-5-2-6-20-44)57-28-10-14-32-61(57)67/h1-42H. The summed E-state index contributed by atoms with van der Waals surface area (Å²) in [6.07, 6.45) is 0. The van der Waals surface area contributed by atoms with Crippen molar-refractivity contribution in [3.63, 3.8) is 0 Å². The van der Waals surface area contributed by atoms with Gasteiger partial charge in [0.1, 0.15) is 0 Å². The van der Waals surface area contributed by atoms with E-state index in [0.717, 1.165) is 0 Å². The molecule has 0 bridgehead atoms. The van der Waals surface area contributed by atoms with Crippen molar-refractivity contribution in [3.05, 3.63) is 255 Å². The molecule has 0 aromatic heterocycles. The van der Waals surface area contributed by atoms with Gasteiger partial charge in [-0.2, -0.15) is 0 Å². The van der Waals surface area contributed by atoms with Crippen LogP contribution in [0.2, 0.25) is 0 Å². The Bertz CT molecular complexity index is 4160. The molecule has 0 saturated carbocycles. The van der Waals surface area contributed by atoms with Gasteiger partial charge < -0.3 is 0 Å². The van der Waals surface area contributed by atoms with Crippen LogP contribution in [0.1, 0.15) is 0 Å². The molecule has 0 N–H and O–H groups in total. The van der Waals surface area contributed by atoms with Crippen LogP contribution < -0.4 is 0 Å². The molecule has 0 radical (unpaired) electrons. The third kappa shape index (κ3) is 5.94. The van der Waals surface area contributed by atoms with Gasteiger partial charge in [0.05, 0.1) is 0 Å². The van der Waals surface area contributed by atoms with Crippen molar-refractivity contribution in [3.8, 4) is 66.8 Å². The molecule has 0 aliphatic rings. The molecule has 14 aromatic rings. The van der Waals surface area contributed by atoms with E-state index in [2.05, 4.69) is 255 Å². The summed E-state index contributed by atoms with van der Waals surface area (Å²) in [7, 11) is 0. The number of hydrogen-bond acceptors (Lipinski definition) is 0. The van der Waals surface area contributed by atoms with Crippen LogP contribution in [-0.4, -0.2) is 0 Å². The van der Waals surface area contributed by atoms with Crippen LogP contribution in [0.5, 0.6) is 0 Å². The van der Waals surface area contributed by atoms with E-state index in [1.165, 1.54) is 142 Å². The summed E-state index contributed by atoms with van der Waals surface area (Å²) in [5.74, 6) is 0. The van der Waals surface area contributed by atoms with E-state index in [-0.39, 0.29) is 0 Å². The monoisotopic (exact) mass is 858 g/mol. The molecule has 0 atom stereocenters. The number of hydrogen-bond donors (Lipinski definition) is 0. The van der Waals surface area contributed by atoms with Crippen molar-refractivity contribution < 1.29 is 0 Å². The summed E-state index contributed by atoms with van der Waals surface area (Å²) in [6.45, 7) is 0. The van der Waals surface area contributed by atoms with E-state index in [4.69, 9.17) is 0 Å². The van der Waals surface area contributed by atoms with Crippen LogP contribution in [0.25, 0.3) is 142 Å². The molecule has 14 aromatic carbocycles. The highest BCUT2D eigenvalue weighted by atomic mass is 14.2. The Morgan fingerprint density at radius 1 is 0.162 bits per heavy atom. The number of benzene rings is 14. The van der Waals surface area contributed by atoms with Crippen LogP contribution >= 0.6 is 0 Å². The molecule has 14 rings (SSSR count). The summed E-state index contributed by atoms with van der Waals surface area (Å²) in [5.41, 5.74) is 14.7. The summed E-state index contributed by atoms with van der Waals surface area (Å²) >= 11 is 0. The van der Waals surface area contributed by atoms with Crippen LogP contribution in [0.3, 0.4) is 0 Å². The van der Waals surface area contributed by atoms with Gasteiger partial charge in [0.15, 0.2) is 0 Å². The quantitative estimate of drug-likeness (QED) is 0.115. The summed E-state index contributed by atoms with van der Waals surface area (Å²) in [6, 6.07) is 94.9. The Morgan fingerprint density at radius 3 is 1.01 bits per heavy atom. The average molecular weight is 859 g/mol. The molecule has 314 valence electrons. The molecule has 0 spiro atoms. The molecule has 0 aliphatic heterocycles. The minimum Gasteiger partial charge on any atom is -0.0622 e. The van der Waals surface area contributed by atoms with Gasteiger partial charge in [0, 0.05) is 0 Å². The minimum atomic E-state index is 1.18. The second kappa shape index (κ2) is 15.4. The number of rotatable bonds is 6. The van der Waals surface area contributed by atoms with E-state index in [9.17, 15) is 0 Å². The van der Waals surface area contributed by atoms with E-state index in [1.807, 2.05) is 0 Å². The zero-order chi connectivity index (χ0) is 44.7. The first-order chi connectivity index (χ1) is 33.7. The Balaban J connectivity index is 1.06. The Kier molecular flexibility index (Phi) is 8.69. The summed E-state index contributed by atoms with van der Waals surface area (Å²) < 4.78 is 0. The lowest BCUT2D eigenvalue weighted by Gasteiger charge is -2.20. The SMILES string of the molecule is c1ccc(-c2c3ccccc3c(-c3cccc(-c4cc(-c5c6ccccc6c(-c6ccccc6)c6ccccc56)cc(-c5ccc6ccc7cccc8ccc5c6c78)c4)c3)c3ccccc23)cc1. The topological polar surface area (TPSA) is 0 Å². The minimum absolute atomic E-state index is 1.18. The molecule has 0 amide bonds. The second-order valence-electron chi connectivity index (χ2n) is 18.3. The van der Waals surface area contributed by atoms with Crippen molar-refractivity contribution in [1.82, 2.24) is 0 Å². The molecule has 0 aliphatic carbocycles. The molecule has 0 heterocycles. The van der Waals surface area contributed by atoms with Gasteiger partial charge in [-0.05, 0) is 166 Å². The van der Waals surface area contributed by atoms with Gasteiger partial charge in [-0.1, -0.05) is 231 Å². The van der Waals surface area contributed by atoms with Crippen molar-refractivity contribution in [2.24, 2.45) is 0 Å². The third-order valence-electron chi connectivity index (χ3n) is 14.5. The fraction of sp³-hybridized carbons (Fsp3) is 0. The lowest BCUT2D eigenvalue weighted by molar-refractivity contribution is 1.59. The van der Waals surface area contributed by atoms with Gasteiger partial charge in [0.25, 0.3) is 0 Å². The molecular weight excluding hydrogens is 817 g/mol. The van der Waals surface area contributed by atoms with E-state index in [0.29, 0.717) is 0 Å². The van der Waals surface area contributed by atoms with Crippen molar-refractivity contribution in [1.29, 1.82) is 0 Å². The van der Waals surface area contributed by atoms with Crippen molar-refractivity contribution >= 4 is 75.4 Å². The fourth-order valence-corrected chi connectivity index (χ4v) is 11.6. The van der Waals surface area contributed by atoms with Crippen molar-refractivity contribution in [2.75, 3.05) is 0 Å². The Labute approximate surface area is 395 Å². The van der Waals surface area contributed by atoms with Crippen LogP contribution in [0, 0.1) is 0 Å². The maximum atomic E-state index is 2.46. The van der Waals surface area contributed by atoms with Gasteiger partial charge in [-0.25, -0.2) is 0 Å².